The maximum atomic E-state index is 13.5. The number of carbonyl (C=O) groups is 1. The van der Waals surface area contributed by atoms with Crippen molar-refractivity contribution >= 4 is 5.91 Å². The number of aliphatic hydroxyl groups is 1. The SMILES string of the molecule is CCCNC(=O)CN1CCN(C[C@@H](O)COCc2ccccc2F)CC1. The van der Waals surface area contributed by atoms with E-state index in [-0.39, 0.29) is 24.9 Å². The number of hydrogen-bond donors (Lipinski definition) is 2. The number of piperazine rings is 1. The van der Waals surface area contributed by atoms with E-state index in [1.807, 2.05) is 6.92 Å². The first-order valence-corrected chi connectivity index (χ1v) is 9.29. The Bertz CT molecular complexity index is 551. The average Bonchev–Trinajstić information content (AvgIpc) is 2.63. The number of halogens is 1. The standard InChI is InChI=1S/C19H30FN3O3/c1-2-7-21-19(25)13-23-10-8-22(9-11-23)12-17(24)15-26-14-16-5-3-4-6-18(16)20/h3-6,17,24H,2,7-15H2,1H3,(H,21,25)/t17-/m1/s1. The molecular formula is C19H30FN3O3. The van der Waals surface area contributed by atoms with Gasteiger partial charge >= 0.3 is 0 Å². The van der Waals surface area contributed by atoms with Crippen LogP contribution < -0.4 is 5.32 Å². The summed E-state index contributed by atoms with van der Waals surface area (Å²) in [6, 6.07) is 6.48. The molecule has 1 heterocycles. The maximum Gasteiger partial charge on any atom is 0.234 e. The molecule has 1 aliphatic heterocycles. The summed E-state index contributed by atoms with van der Waals surface area (Å²) in [6.07, 6.45) is 0.331. The number of rotatable bonds is 10. The fourth-order valence-corrected chi connectivity index (χ4v) is 2.92. The van der Waals surface area contributed by atoms with E-state index >= 15 is 0 Å². The zero-order valence-electron chi connectivity index (χ0n) is 15.5. The molecule has 1 atom stereocenters. The third kappa shape index (κ3) is 7.37. The monoisotopic (exact) mass is 367 g/mol. The normalized spacial score (nSPS) is 17.2. The molecule has 2 N–H and O–H groups in total. The minimum atomic E-state index is -0.610. The Hall–Kier alpha value is -1.54. The molecule has 0 aliphatic carbocycles. The quantitative estimate of drug-likeness (QED) is 0.642. The van der Waals surface area contributed by atoms with Crippen molar-refractivity contribution in [1.29, 1.82) is 0 Å². The van der Waals surface area contributed by atoms with Crippen LogP contribution in [-0.4, -0.2) is 79.3 Å². The molecule has 26 heavy (non-hydrogen) atoms. The number of amides is 1. The Labute approximate surface area is 154 Å². The highest BCUT2D eigenvalue weighted by atomic mass is 19.1. The lowest BCUT2D eigenvalue weighted by molar-refractivity contribution is -0.122. The largest absolute Gasteiger partial charge is 0.389 e. The van der Waals surface area contributed by atoms with Gasteiger partial charge in [-0.1, -0.05) is 25.1 Å². The van der Waals surface area contributed by atoms with Crippen LogP contribution in [0.5, 0.6) is 0 Å². The van der Waals surface area contributed by atoms with Gasteiger partial charge in [0.1, 0.15) is 5.82 Å². The summed E-state index contributed by atoms with van der Waals surface area (Å²) in [4.78, 5) is 16.0. The van der Waals surface area contributed by atoms with Crippen molar-refractivity contribution < 1.29 is 19.0 Å². The number of β-amino-alcohol motifs (C(OH)–C–C–N with tert-alkyl or cyclic N) is 1. The molecule has 1 aromatic carbocycles. The number of carbonyl (C=O) groups excluding carboxylic acids is 1. The van der Waals surface area contributed by atoms with Crippen LogP contribution in [0.3, 0.4) is 0 Å². The van der Waals surface area contributed by atoms with Gasteiger partial charge in [0.05, 0.1) is 25.9 Å². The molecule has 1 saturated heterocycles. The molecule has 1 amide bonds. The summed E-state index contributed by atoms with van der Waals surface area (Å²) >= 11 is 0. The number of nitrogens with one attached hydrogen (secondary N) is 1. The van der Waals surface area contributed by atoms with Gasteiger partial charge in [-0.05, 0) is 12.5 Å². The van der Waals surface area contributed by atoms with Crippen molar-refractivity contribution in [2.75, 3.05) is 52.4 Å². The lowest BCUT2D eigenvalue weighted by atomic mass is 10.2. The highest BCUT2D eigenvalue weighted by Gasteiger charge is 2.20. The van der Waals surface area contributed by atoms with Gasteiger partial charge in [0.2, 0.25) is 5.91 Å². The molecule has 1 aliphatic rings. The molecule has 7 heteroatoms. The zero-order chi connectivity index (χ0) is 18.8. The molecular weight excluding hydrogens is 337 g/mol. The van der Waals surface area contributed by atoms with Crippen LogP contribution in [0, 0.1) is 5.82 Å². The van der Waals surface area contributed by atoms with Gasteiger partial charge in [-0.25, -0.2) is 4.39 Å². The zero-order valence-corrected chi connectivity index (χ0v) is 15.5. The lowest BCUT2D eigenvalue weighted by Gasteiger charge is -2.35. The summed E-state index contributed by atoms with van der Waals surface area (Å²) < 4.78 is 18.9. The average molecular weight is 367 g/mol. The topological polar surface area (TPSA) is 65.0 Å². The number of aliphatic hydroxyl groups excluding tert-OH is 1. The van der Waals surface area contributed by atoms with E-state index in [0.29, 0.717) is 18.7 Å². The van der Waals surface area contributed by atoms with Crippen molar-refractivity contribution in [2.24, 2.45) is 0 Å². The van der Waals surface area contributed by atoms with Gasteiger partial charge in [-0.3, -0.25) is 14.6 Å². The molecule has 0 radical (unpaired) electrons. The number of nitrogens with zero attached hydrogens (tertiary/aromatic N) is 2. The third-order valence-corrected chi connectivity index (χ3v) is 4.40. The highest BCUT2D eigenvalue weighted by Crippen LogP contribution is 2.08. The van der Waals surface area contributed by atoms with Gasteiger partial charge in [-0.15, -0.1) is 0 Å². The van der Waals surface area contributed by atoms with Crippen LogP contribution in [-0.2, 0) is 16.1 Å². The minimum Gasteiger partial charge on any atom is -0.389 e. The second-order valence-electron chi connectivity index (χ2n) is 6.69. The van der Waals surface area contributed by atoms with Crippen LogP contribution in [0.4, 0.5) is 4.39 Å². The van der Waals surface area contributed by atoms with Crippen LogP contribution in [0.15, 0.2) is 24.3 Å². The second kappa shape index (κ2) is 11.2. The van der Waals surface area contributed by atoms with Gasteiger partial charge in [0.15, 0.2) is 0 Å². The molecule has 6 nitrogen and oxygen atoms in total. The second-order valence-corrected chi connectivity index (χ2v) is 6.69. The Morgan fingerprint density at radius 2 is 1.96 bits per heavy atom. The van der Waals surface area contributed by atoms with E-state index in [1.165, 1.54) is 6.07 Å². The van der Waals surface area contributed by atoms with Crippen molar-refractivity contribution in [3.05, 3.63) is 35.6 Å². The number of ether oxygens (including phenoxy) is 1. The van der Waals surface area contributed by atoms with E-state index in [1.54, 1.807) is 18.2 Å². The van der Waals surface area contributed by atoms with E-state index in [9.17, 15) is 14.3 Å². The highest BCUT2D eigenvalue weighted by molar-refractivity contribution is 5.77. The van der Waals surface area contributed by atoms with Crippen LogP contribution in [0.25, 0.3) is 0 Å². The first-order chi connectivity index (χ1) is 12.6. The van der Waals surface area contributed by atoms with Gasteiger partial charge < -0.3 is 15.2 Å². The maximum absolute atomic E-state index is 13.5. The summed E-state index contributed by atoms with van der Waals surface area (Å²) in [7, 11) is 0. The van der Waals surface area contributed by atoms with E-state index in [4.69, 9.17) is 4.74 Å². The Morgan fingerprint density at radius 3 is 2.65 bits per heavy atom. The smallest absolute Gasteiger partial charge is 0.234 e. The van der Waals surface area contributed by atoms with Crippen molar-refractivity contribution in [3.8, 4) is 0 Å². The summed E-state index contributed by atoms with van der Waals surface area (Å²) in [5.41, 5.74) is 0.495. The molecule has 0 spiro atoms. The first kappa shape index (κ1) is 20.8. The van der Waals surface area contributed by atoms with Gasteiger partial charge in [0.25, 0.3) is 0 Å². The third-order valence-electron chi connectivity index (χ3n) is 4.40. The van der Waals surface area contributed by atoms with Gasteiger partial charge in [-0.2, -0.15) is 0 Å². The van der Waals surface area contributed by atoms with Crippen molar-refractivity contribution in [2.45, 2.75) is 26.1 Å². The molecule has 0 unspecified atom stereocenters. The van der Waals surface area contributed by atoms with Gasteiger partial charge in [0, 0.05) is 44.8 Å². The summed E-state index contributed by atoms with van der Waals surface area (Å²) in [5.74, 6) is -0.219. The molecule has 2 rings (SSSR count). The predicted octanol–water partition coefficient (Wildman–Crippen LogP) is 0.847. The molecule has 146 valence electrons. The van der Waals surface area contributed by atoms with Crippen LogP contribution >= 0.6 is 0 Å². The molecule has 1 aromatic rings. The Balaban J connectivity index is 1.59. The Morgan fingerprint density at radius 1 is 1.27 bits per heavy atom. The van der Waals surface area contributed by atoms with Crippen molar-refractivity contribution in [1.82, 2.24) is 15.1 Å². The van der Waals surface area contributed by atoms with Crippen LogP contribution in [0.2, 0.25) is 0 Å². The fourth-order valence-electron chi connectivity index (χ4n) is 2.92. The first-order valence-electron chi connectivity index (χ1n) is 9.29. The number of benzene rings is 1. The molecule has 1 fully saturated rings. The van der Waals surface area contributed by atoms with E-state index < -0.39 is 6.10 Å². The molecule has 0 bridgehead atoms. The molecule has 0 saturated carbocycles. The molecule has 0 aromatic heterocycles. The minimum absolute atomic E-state index is 0.0712. The lowest BCUT2D eigenvalue weighted by Crippen LogP contribution is -2.51. The predicted molar refractivity (Wildman–Crippen MR) is 98.2 cm³/mol. The van der Waals surface area contributed by atoms with E-state index in [0.717, 1.165) is 39.1 Å². The Kier molecular flexibility index (Phi) is 8.97. The summed E-state index contributed by atoms with van der Waals surface area (Å²) in [5, 5.41) is 13.0. The number of hydrogen-bond acceptors (Lipinski definition) is 5. The van der Waals surface area contributed by atoms with Crippen LogP contribution in [0.1, 0.15) is 18.9 Å². The van der Waals surface area contributed by atoms with Crippen molar-refractivity contribution in [3.63, 3.8) is 0 Å². The van der Waals surface area contributed by atoms with E-state index in [2.05, 4.69) is 15.1 Å². The summed E-state index contributed by atoms with van der Waals surface area (Å²) in [6.45, 7) is 7.28. The fraction of sp³-hybridized carbons (Fsp3) is 0.632.